The fourth-order valence-electron chi connectivity index (χ4n) is 0.914. The molecule has 5 heteroatoms. The van der Waals surface area contributed by atoms with Crippen molar-refractivity contribution in [2.24, 2.45) is 11.1 Å². The zero-order valence-electron chi connectivity index (χ0n) is 8.06. The Morgan fingerprint density at radius 1 is 1.46 bits per heavy atom. The zero-order valence-corrected chi connectivity index (χ0v) is 8.81. The van der Waals surface area contributed by atoms with Crippen LogP contribution in [0.25, 0.3) is 0 Å². The van der Waals surface area contributed by atoms with Crippen LogP contribution >= 0.6 is 11.6 Å². The molecule has 1 atom stereocenters. The van der Waals surface area contributed by atoms with Gasteiger partial charge >= 0.3 is 0 Å². The minimum absolute atomic E-state index is 0.167. The molecule has 0 radical (unpaired) electrons. The van der Waals surface area contributed by atoms with E-state index < -0.39 is 17.4 Å². The lowest BCUT2D eigenvalue weighted by Gasteiger charge is -2.28. The van der Waals surface area contributed by atoms with Crippen LogP contribution in [0.15, 0.2) is 0 Å². The van der Waals surface area contributed by atoms with Gasteiger partial charge in [-0.25, -0.2) is 0 Å². The maximum absolute atomic E-state index is 11.0. The molecule has 0 aliphatic heterocycles. The highest BCUT2D eigenvalue weighted by Gasteiger charge is 2.30. The molecule has 76 valence electrons. The van der Waals surface area contributed by atoms with Crippen molar-refractivity contribution in [3.05, 3.63) is 0 Å². The molecule has 0 aliphatic rings. The first kappa shape index (κ1) is 12.2. The second-order valence-corrected chi connectivity index (χ2v) is 4.17. The van der Waals surface area contributed by atoms with Crippen LogP contribution in [-0.4, -0.2) is 23.7 Å². The van der Waals surface area contributed by atoms with E-state index in [-0.39, 0.29) is 11.8 Å². The number of carbonyl (C=O) groups excluding carboxylic acids is 2. The van der Waals surface area contributed by atoms with Crippen LogP contribution in [0.5, 0.6) is 0 Å². The number of hydrogen-bond acceptors (Lipinski definition) is 2. The van der Waals surface area contributed by atoms with Gasteiger partial charge in [0.05, 0.1) is 0 Å². The largest absolute Gasteiger partial charge is 0.368 e. The van der Waals surface area contributed by atoms with Gasteiger partial charge in [-0.2, -0.15) is 0 Å². The summed E-state index contributed by atoms with van der Waals surface area (Å²) in [4.78, 5) is 21.9. The summed E-state index contributed by atoms with van der Waals surface area (Å²) in [5.74, 6) is -1.11. The van der Waals surface area contributed by atoms with E-state index in [1.54, 1.807) is 0 Å². The van der Waals surface area contributed by atoms with Gasteiger partial charge in [0.2, 0.25) is 11.8 Å². The van der Waals surface area contributed by atoms with E-state index >= 15 is 0 Å². The van der Waals surface area contributed by atoms with Crippen molar-refractivity contribution in [1.82, 2.24) is 5.32 Å². The molecular weight excluding hydrogens is 192 g/mol. The molecule has 1 unspecified atom stereocenters. The predicted octanol–water partition coefficient (Wildman–Crippen LogP) is 0.241. The molecule has 0 rings (SSSR count). The fraction of sp³-hybridized carbons (Fsp3) is 0.750. The van der Waals surface area contributed by atoms with Crippen molar-refractivity contribution >= 4 is 23.4 Å². The maximum Gasteiger partial charge on any atom is 0.240 e. The molecule has 2 amide bonds. The second-order valence-electron chi connectivity index (χ2n) is 3.90. The second kappa shape index (κ2) is 4.46. The Balaban J connectivity index is 4.46. The van der Waals surface area contributed by atoms with E-state index in [0.717, 1.165) is 0 Å². The number of primary amides is 1. The number of alkyl halides is 1. The molecule has 3 N–H and O–H groups in total. The van der Waals surface area contributed by atoms with Gasteiger partial charge in [0, 0.05) is 0 Å². The highest BCUT2D eigenvalue weighted by atomic mass is 35.5. The number of hydrogen-bond donors (Lipinski definition) is 2. The number of halogens is 1. The molecule has 4 nitrogen and oxygen atoms in total. The Labute approximate surface area is 82.8 Å². The Bertz CT molecular complexity index is 211. The molecule has 0 aliphatic carbocycles. The Kier molecular flexibility index (Phi) is 4.20. The third kappa shape index (κ3) is 4.12. The quantitative estimate of drug-likeness (QED) is 0.650. The highest BCUT2D eigenvalue weighted by molar-refractivity contribution is 6.27. The average molecular weight is 207 g/mol. The highest BCUT2D eigenvalue weighted by Crippen LogP contribution is 2.18. The monoisotopic (exact) mass is 206 g/mol. The summed E-state index contributed by atoms with van der Waals surface area (Å²) in [6.45, 7) is 5.45. The van der Waals surface area contributed by atoms with Crippen molar-refractivity contribution in [3.63, 3.8) is 0 Å². The van der Waals surface area contributed by atoms with Crippen molar-refractivity contribution in [2.45, 2.75) is 26.8 Å². The summed E-state index contributed by atoms with van der Waals surface area (Å²) in [5, 5.41) is 2.46. The normalized spacial score (nSPS) is 13.5. The van der Waals surface area contributed by atoms with Gasteiger partial charge in [0.15, 0.2) is 0 Å². The maximum atomic E-state index is 11.0. The van der Waals surface area contributed by atoms with Crippen LogP contribution in [-0.2, 0) is 9.59 Å². The lowest BCUT2D eigenvalue weighted by Crippen LogP contribution is -2.52. The van der Waals surface area contributed by atoms with E-state index in [1.165, 1.54) is 0 Å². The van der Waals surface area contributed by atoms with Gasteiger partial charge in [0.1, 0.15) is 11.9 Å². The summed E-state index contributed by atoms with van der Waals surface area (Å²) in [7, 11) is 0. The first-order valence-electron chi connectivity index (χ1n) is 3.93. The SMILES string of the molecule is CC(C)(C)C(NC(=O)CCl)C(N)=O. The minimum Gasteiger partial charge on any atom is -0.368 e. The van der Waals surface area contributed by atoms with Gasteiger partial charge in [-0.3, -0.25) is 9.59 Å². The predicted molar refractivity (Wildman–Crippen MR) is 51.3 cm³/mol. The topological polar surface area (TPSA) is 72.2 Å². The Morgan fingerprint density at radius 3 is 2.15 bits per heavy atom. The van der Waals surface area contributed by atoms with E-state index in [0.29, 0.717) is 0 Å². The minimum atomic E-state index is -0.682. The van der Waals surface area contributed by atoms with Gasteiger partial charge in [-0.1, -0.05) is 20.8 Å². The molecule has 0 aromatic heterocycles. The van der Waals surface area contributed by atoms with Gasteiger partial charge in [-0.15, -0.1) is 11.6 Å². The number of rotatable bonds is 3. The zero-order chi connectivity index (χ0) is 10.6. The summed E-state index contributed by atoms with van der Waals surface area (Å²) in [6.07, 6.45) is 0. The molecule has 0 spiro atoms. The van der Waals surface area contributed by atoms with Crippen LogP contribution < -0.4 is 11.1 Å². The molecule has 0 fully saturated rings. The van der Waals surface area contributed by atoms with Crippen molar-refractivity contribution in [1.29, 1.82) is 0 Å². The summed E-state index contributed by atoms with van der Waals surface area (Å²) >= 11 is 5.29. The number of carbonyl (C=O) groups is 2. The first-order valence-corrected chi connectivity index (χ1v) is 4.47. The van der Waals surface area contributed by atoms with Crippen LogP contribution in [0.2, 0.25) is 0 Å². The molecule has 0 saturated heterocycles. The standard InChI is InChI=1S/C8H15ClN2O2/c1-8(2,3)6(7(10)13)11-5(12)4-9/h6H,4H2,1-3H3,(H2,10,13)(H,11,12). The third-order valence-electron chi connectivity index (χ3n) is 1.58. The Morgan fingerprint density at radius 2 is 1.92 bits per heavy atom. The fourth-order valence-corrected chi connectivity index (χ4v) is 0.991. The van der Waals surface area contributed by atoms with E-state index in [1.807, 2.05) is 20.8 Å². The number of amides is 2. The van der Waals surface area contributed by atoms with E-state index in [4.69, 9.17) is 17.3 Å². The summed E-state index contributed by atoms with van der Waals surface area (Å²) < 4.78 is 0. The first-order chi connectivity index (χ1) is 5.79. The van der Waals surface area contributed by atoms with Crippen molar-refractivity contribution in [2.75, 3.05) is 5.88 Å². The number of nitrogens with two attached hydrogens (primary N) is 1. The van der Waals surface area contributed by atoms with E-state index in [2.05, 4.69) is 5.32 Å². The van der Waals surface area contributed by atoms with Crippen LogP contribution in [0.3, 0.4) is 0 Å². The molecule has 0 heterocycles. The smallest absolute Gasteiger partial charge is 0.240 e. The van der Waals surface area contributed by atoms with Crippen LogP contribution in [0, 0.1) is 5.41 Å². The van der Waals surface area contributed by atoms with Crippen LogP contribution in [0.1, 0.15) is 20.8 Å². The summed E-state index contributed by atoms with van der Waals surface area (Å²) in [5.41, 5.74) is 4.73. The molecule has 0 saturated carbocycles. The molecule has 0 aromatic carbocycles. The molecule has 13 heavy (non-hydrogen) atoms. The number of nitrogens with one attached hydrogen (secondary N) is 1. The lowest BCUT2D eigenvalue weighted by atomic mass is 9.86. The third-order valence-corrected chi connectivity index (χ3v) is 1.82. The molecular formula is C8H15ClN2O2. The van der Waals surface area contributed by atoms with Crippen molar-refractivity contribution in [3.8, 4) is 0 Å². The van der Waals surface area contributed by atoms with Gasteiger partial charge < -0.3 is 11.1 Å². The average Bonchev–Trinajstić information content (AvgIpc) is 1.96. The molecule has 0 bridgehead atoms. The lowest BCUT2D eigenvalue weighted by molar-refractivity contribution is -0.128. The Hall–Kier alpha value is -0.770. The summed E-state index contributed by atoms with van der Waals surface area (Å²) in [6, 6.07) is -0.682. The van der Waals surface area contributed by atoms with E-state index in [9.17, 15) is 9.59 Å². The van der Waals surface area contributed by atoms with Crippen LogP contribution in [0.4, 0.5) is 0 Å². The molecule has 0 aromatic rings. The van der Waals surface area contributed by atoms with Gasteiger partial charge in [0.25, 0.3) is 0 Å². The van der Waals surface area contributed by atoms with Gasteiger partial charge in [-0.05, 0) is 5.41 Å². The van der Waals surface area contributed by atoms with Crippen molar-refractivity contribution < 1.29 is 9.59 Å².